The molecule has 0 aliphatic carbocycles. The minimum Gasteiger partial charge on any atom is -0.423 e. The van der Waals surface area contributed by atoms with E-state index in [0.717, 1.165) is 16.7 Å². The Labute approximate surface area is 156 Å². The van der Waals surface area contributed by atoms with Crippen molar-refractivity contribution in [3.8, 4) is 0 Å². The first-order valence-corrected chi connectivity index (χ1v) is 9.02. The summed E-state index contributed by atoms with van der Waals surface area (Å²) in [7, 11) is 0. The van der Waals surface area contributed by atoms with Crippen LogP contribution in [0.15, 0.2) is 27.1 Å². The van der Waals surface area contributed by atoms with Crippen molar-refractivity contribution in [2.45, 2.75) is 20.3 Å². The molecule has 3 aromatic rings. The molecule has 27 heavy (non-hydrogen) atoms. The predicted octanol–water partition coefficient (Wildman–Crippen LogP) is 1.90. The summed E-state index contributed by atoms with van der Waals surface area (Å²) in [6.07, 6.45) is 0.523. The molecule has 1 aliphatic heterocycles. The Morgan fingerprint density at radius 3 is 2.74 bits per heavy atom. The molecule has 1 saturated heterocycles. The van der Waals surface area contributed by atoms with Crippen LogP contribution in [-0.4, -0.2) is 58.8 Å². The maximum absolute atomic E-state index is 12.3. The van der Waals surface area contributed by atoms with Crippen molar-refractivity contribution in [2.24, 2.45) is 0 Å². The maximum Gasteiger partial charge on any atom is 0.317 e. The molecule has 4 rings (SSSR count). The summed E-state index contributed by atoms with van der Waals surface area (Å²) in [5, 5.41) is 6.63. The third-order valence-corrected chi connectivity index (χ3v) is 4.55. The minimum absolute atomic E-state index is 0.0842. The highest BCUT2D eigenvalue weighted by Crippen LogP contribution is 2.23. The molecule has 9 nitrogen and oxygen atoms in total. The number of amides is 2. The quantitative estimate of drug-likeness (QED) is 0.748. The lowest BCUT2D eigenvalue weighted by molar-refractivity contribution is 0.193. The number of fused-ring (bicyclic) bond motifs is 1. The van der Waals surface area contributed by atoms with Gasteiger partial charge in [0.15, 0.2) is 11.4 Å². The number of anilines is 1. The van der Waals surface area contributed by atoms with Gasteiger partial charge in [0, 0.05) is 39.1 Å². The SMILES string of the molecule is Cc1ccc2oc(N3CCN(C(=O)NCCc4nc(C)no4)CC3)nc2c1. The van der Waals surface area contributed by atoms with Gasteiger partial charge in [-0.2, -0.15) is 9.97 Å². The van der Waals surface area contributed by atoms with E-state index in [0.29, 0.717) is 56.9 Å². The molecule has 2 amide bonds. The number of rotatable bonds is 4. The molecule has 0 atom stereocenters. The summed E-state index contributed by atoms with van der Waals surface area (Å²) in [5.74, 6) is 1.13. The molecular weight excluding hydrogens is 348 g/mol. The van der Waals surface area contributed by atoms with Crippen LogP contribution in [0.5, 0.6) is 0 Å². The Morgan fingerprint density at radius 1 is 1.19 bits per heavy atom. The lowest BCUT2D eigenvalue weighted by atomic mass is 10.2. The van der Waals surface area contributed by atoms with Gasteiger partial charge in [0.1, 0.15) is 5.52 Å². The summed E-state index contributed by atoms with van der Waals surface area (Å²) in [6, 6.07) is 6.49. The number of urea groups is 1. The molecule has 1 aromatic carbocycles. The van der Waals surface area contributed by atoms with E-state index in [1.165, 1.54) is 0 Å². The van der Waals surface area contributed by atoms with Crippen LogP contribution in [0.3, 0.4) is 0 Å². The van der Waals surface area contributed by atoms with Gasteiger partial charge in [-0.15, -0.1) is 0 Å². The molecule has 0 saturated carbocycles. The molecule has 0 radical (unpaired) electrons. The molecule has 0 spiro atoms. The summed E-state index contributed by atoms with van der Waals surface area (Å²) in [4.78, 5) is 24.9. The smallest absolute Gasteiger partial charge is 0.317 e. The third kappa shape index (κ3) is 3.86. The maximum atomic E-state index is 12.3. The number of nitrogens with one attached hydrogen (secondary N) is 1. The van der Waals surface area contributed by atoms with Gasteiger partial charge in [0.05, 0.1) is 0 Å². The first-order valence-electron chi connectivity index (χ1n) is 9.02. The minimum atomic E-state index is -0.0842. The lowest BCUT2D eigenvalue weighted by Gasteiger charge is -2.33. The highest BCUT2D eigenvalue weighted by Gasteiger charge is 2.24. The van der Waals surface area contributed by atoms with E-state index in [1.807, 2.05) is 25.1 Å². The highest BCUT2D eigenvalue weighted by molar-refractivity contribution is 5.76. The van der Waals surface area contributed by atoms with Crippen molar-refractivity contribution in [1.29, 1.82) is 0 Å². The van der Waals surface area contributed by atoms with Crippen molar-refractivity contribution < 1.29 is 13.7 Å². The number of carbonyl (C=O) groups is 1. The fraction of sp³-hybridized carbons (Fsp3) is 0.444. The molecular formula is C18H22N6O3. The van der Waals surface area contributed by atoms with E-state index in [9.17, 15) is 4.79 Å². The lowest BCUT2D eigenvalue weighted by Crippen LogP contribution is -2.52. The van der Waals surface area contributed by atoms with E-state index < -0.39 is 0 Å². The molecule has 3 heterocycles. The Kier molecular flexibility index (Phi) is 4.66. The number of hydrogen-bond donors (Lipinski definition) is 1. The molecule has 1 aliphatic rings. The topological polar surface area (TPSA) is 101 Å². The van der Waals surface area contributed by atoms with Gasteiger partial charge in [0.25, 0.3) is 6.01 Å². The van der Waals surface area contributed by atoms with Crippen LogP contribution in [0.25, 0.3) is 11.1 Å². The van der Waals surface area contributed by atoms with Gasteiger partial charge in [-0.1, -0.05) is 11.2 Å². The average Bonchev–Trinajstić information content (AvgIpc) is 3.27. The summed E-state index contributed by atoms with van der Waals surface area (Å²) in [5.41, 5.74) is 2.80. The predicted molar refractivity (Wildman–Crippen MR) is 98.7 cm³/mol. The molecule has 0 bridgehead atoms. The first kappa shape index (κ1) is 17.3. The summed E-state index contributed by atoms with van der Waals surface area (Å²) < 4.78 is 10.9. The number of aromatic nitrogens is 3. The van der Waals surface area contributed by atoms with Gasteiger partial charge >= 0.3 is 6.03 Å². The zero-order valence-corrected chi connectivity index (χ0v) is 15.4. The van der Waals surface area contributed by atoms with Gasteiger partial charge in [-0.25, -0.2) is 4.79 Å². The van der Waals surface area contributed by atoms with Crippen LogP contribution in [0.1, 0.15) is 17.3 Å². The normalized spacial score (nSPS) is 14.7. The van der Waals surface area contributed by atoms with E-state index in [2.05, 4.69) is 25.3 Å². The zero-order valence-electron chi connectivity index (χ0n) is 15.4. The van der Waals surface area contributed by atoms with Crippen LogP contribution in [0.2, 0.25) is 0 Å². The number of aryl methyl sites for hydroxylation is 2. The monoisotopic (exact) mass is 370 g/mol. The van der Waals surface area contributed by atoms with Crippen LogP contribution < -0.4 is 10.2 Å². The van der Waals surface area contributed by atoms with Crippen molar-refractivity contribution in [2.75, 3.05) is 37.6 Å². The van der Waals surface area contributed by atoms with Crippen LogP contribution >= 0.6 is 0 Å². The Balaban J connectivity index is 1.28. The van der Waals surface area contributed by atoms with Gasteiger partial charge < -0.3 is 24.1 Å². The second-order valence-corrected chi connectivity index (χ2v) is 6.66. The molecule has 9 heteroatoms. The van der Waals surface area contributed by atoms with E-state index in [4.69, 9.17) is 8.94 Å². The summed E-state index contributed by atoms with van der Waals surface area (Å²) in [6.45, 7) is 6.86. The largest absolute Gasteiger partial charge is 0.423 e. The van der Waals surface area contributed by atoms with Crippen molar-refractivity contribution >= 4 is 23.1 Å². The first-order chi connectivity index (χ1) is 13.1. The van der Waals surface area contributed by atoms with E-state index in [1.54, 1.807) is 11.8 Å². The van der Waals surface area contributed by atoms with Gasteiger partial charge in [-0.05, 0) is 31.5 Å². The standard InChI is InChI=1S/C18H22N6O3/c1-12-3-4-15-14(11-12)21-18(26-15)24-9-7-23(8-10-24)17(25)19-6-5-16-20-13(2)22-27-16/h3-4,11H,5-10H2,1-2H3,(H,19,25). The number of oxazole rings is 1. The molecule has 142 valence electrons. The van der Waals surface area contributed by atoms with Crippen molar-refractivity contribution in [3.63, 3.8) is 0 Å². The third-order valence-electron chi connectivity index (χ3n) is 4.55. The Hall–Kier alpha value is -3.10. The van der Waals surface area contributed by atoms with Crippen LogP contribution in [0.4, 0.5) is 10.8 Å². The van der Waals surface area contributed by atoms with Crippen molar-refractivity contribution in [3.05, 3.63) is 35.5 Å². The molecule has 1 fully saturated rings. The molecule has 1 N–H and O–H groups in total. The molecule has 0 unspecified atom stereocenters. The van der Waals surface area contributed by atoms with Gasteiger partial charge in [-0.3, -0.25) is 0 Å². The van der Waals surface area contributed by atoms with Crippen molar-refractivity contribution in [1.82, 2.24) is 25.3 Å². The highest BCUT2D eigenvalue weighted by atomic mass is 16.5. The second-order valence-electron chi connectivity index (χ2n) is 6.66. The number of benzene rings is 1. The molecule has 2 aromatic heterocycles. The fourth-order valence-corrected chi connectivity index (χ4v) is 3.09. The number of nitrogens with zero attached hydrogens (tertiary/aromatic N) is 5. The zero-order chi connectivity index (χ0) is 18.8. The Morgan fingerprint density at radius 2 is 2.00 bits per heavy atom. The number of hydrogen-bond acceptors (Lipinski definition) is 7. The fourth-order valence-electron chi connectivity index (χ4n) is 3.09. The van der Waals surface area contributed by atoms with E-state index >= 15 is 0 Å². The number of piperazine rings is 1. The summed E-state index contributed by atoms with van der Waals surface area (Å²) >= 11 is 0. The van der Waals surface area contributed by atoms with Crippen LogP contribution in [-0.2, 0) is 6.42 Å². The van der Waals surface area contributed by atoms with Gasteiger partial charge in [0.2, 0.25) is 5.89 Å². The number of carbonyl (C=O) groups excluding carboxylic acids is 1. The Bertz CT molecular complexity index is 942. The van der Waals surface area contributed by atoms with E-state index in [-0.39, 0.29) is 6.03 Å². The average molecular weight is 370 g/mol. The second kappa shape index (κ2) is 7.26. The van der Waals surface area contributed by atoms with Crippen LogP contribution in [0, 0.1) is 13.8 Å².